The Hall–Kier alpha value is -2.93. The number of benzene rings is 2. The fourth-order valence-electron chi connectivity index (χ4n) is 3.64. The van der Waals surface area contributed by atoms with Crippen LogP contribution in [-0.2, 0) is 11.2 Å². The van der Waals surface area contributed by atoms with Crippen molar-refractivity contribution < 1.29 is 14.5 Å². The third-order valence-corrected chi connectivity index (χ3v) is 5.09. The molecule has 1 heterocycles. The fraction of sp³-hybridized carbons (Fsp3) is 0.381. The molecule has 1 fully saturated rings. The lowest BCUT2D eigenvalue weighted by molar-refractivity contribution is -0.385. The molecular weight excluding hydrogens is 358 g/mol. The largest absolute Gasteiger partial charge is 0.497 e. The van der Waals surface area contributed by atoms with Crippen molar-refractivity contribution in [2.24, 2.45) is 0 Å². The first-order valence-electron chi connectivity index (χ1n) is 9.45. The molecule has 1 aliphatic rings. The molecule has 7 heteroatoms. The average molecular weight is 383 g/mol. The summed E-state index contributed by atoms with van der Waals surface area (Å²) in [5.74, 6) is 0.564. The first kappa shape index (κ1) is 19.8. The Morgan fingerprint density at radius 2 is 1.96 bits per heavy atom. The van der Waals surface area contributed by atoms with E-state index >= 15 is 0 Å². The highest BCUT2D eigenvalue weighted by molar-refractivity contribution is 5.79. The molecule has 148 valence electrons. The smallest absolute Gasteiger partial charge is 0.273 e. The van der Waals surface area contributed by atoms with Crippen molar-refractivity contribution >= 4 is 11.6 Å². The van der Waals surface area contributed by atoms with Gasteiger partial charge in [-0.15, -0.1) is 0 Å². The van der Waals surface area contributed by atoms with E-state index in [0.29, 0.717) is 12.1 Å². The van der Waals surface area contributed by atoms with Gasteiger partial charge in [-0.3, -0.25) is 19.8 Å². The van der Waals surface area contributed by atoms with Crippen LogP contribution in [0, 0.1) is 10.1 Å². The summed E-state index contributed by atoms with van der Waals surface area (Å²) in [7, 11) is 1.64. The first-order valence-corrected chi connectivity index (χ1v) is 9.45. The number of nitro benzene ring substituents is 1. The number of methoxy groups -OCH3 is 1. The number of amides is 1. The van der Waals surface area contributed by atoms with Crippen LogP contribution in [0.2, 0.25) is 0 Å². The highest BCUT2D eigenvalue weighted by atomic mass is 16.6. The Morgan fingerprint density at radius 3 is 2.68 bits per heavy atom. The van der Waals surface area contributed by atoms with Crippen molar-refractivity contribution in [1.29, 1.82) is 0 Å². The van der Waals surface area contributed by atoms with Crippen LogP contribution >= 0.6 is 0 Å². The second kappa shape index (κ2) is 9.32. The molecule has 0 aliphatic carbocycles. The molecule has 0 bridgehead atoms. The molecule has 1 N–H and O–H groups in total. The number of ether oxygens (including phenoxy) is 1. The van der Waals surface area contributed by atoms with Gasteiger partial charge in [0.1, 0.15) is 5.75 Å². The number of carbonyl (C=O) groups is 1. The topological polar surface area (TPSA) is 84.7 Å². The molecule has 0 aromatic heterocycles. The number of carbonyl (C=O) groups excluding carboxylic acids is 1. The molecule has 2 aromatic carbocycles. The van der Waals surface area contributed by atoms with Gasteiger partial charge in [0.25, 0.3) is 5.69 Å². The molecule has 1 aliphatic heterocycles. The van der Waals surface area contributed by atoms with Crippen LogP contribution in [0.15, 0.2) is 48.5 Å². The maximum atomic E-state index is 12.5. The predicted octanol–water partition coefficient (Wildman–Crippen LogP) is 3.10. The van der Waals surface area contributed by atoms with Crippen LogP contribution in [0.1, 0.15) is 30.0 Å². The van der Waals surface area contributed by atoms with Gasteiger partial charge in [0.2, 0.25) is 5.91 Å². The maximum Gasteiger partial charge on any atom is 0.273 e. The number of hydrogen-bond donors (Lipinski definition) is 1. The maximum absolute atomic E-state index is 12.5. The Balaban J connectivity index is 1.69. The number of hydrogen-bond acceptors (Lipinski definition) is 5. The lowest BCUT2D eigenvalue weighted by Gasteiger charge is -2.28. The van der Waals surface area contributed by atoms with Crippen molar-refractivity contribution in [3.05, 3.63) is 69.8 Å². The minimum atomic E-state index is -0.452. The minimum Gasteiger partial charge on any atom is -0.497 e. The van der Waals surface area contributed by atoms with Crippen LogP contribution in [0.4, 0.5) is 5.69 Å². The van der Waals surface area contributed by atoms with E-state index in [1.165, 1.54) is 6.07 Å². The molecule has 0 saturated carbocycles. The number of nitrogens with zero attached hydrogens (tertiary/aromatic N) is 2. The Morgan fingerprint density at radius 1 is 1.21 bits per heavy atom. The predicted molar refractivity (Wildman–Crippen MR) is 106 cm³/mol. The van der Waals surface area contributed by atoms with Gasteiger partial charge in [-0.25, -0.2) is 0 Å². The van der Waals surface area contributed by atoms with Gasteiger partial charge in [-0.2, -0.15) is 0 Å². The summed E-state index contributed by atoms with van der Waals surface area (Å²) in [5.41, 5.74) is 1.48. The van der Waals surface area contributed by atoms with Gasteiger partial charge < -0.3 is 10.1 Å². The van der Waals surface area contributed by atoms with E-state index in [9.17, 15) is 14.9 Å². The summed E-state index contributed by atoms with van der Waals surface area (Å²) in [6.45, 7) is 2.43. The Bertz CT molecular complexity index is 834. The summed E-state index contributed by atoms with van der Waals surface area (Å²) >= 11 is 0. The van der Waals surface area contributed by atoms with Crippen LogP contribution in [-0.4, -0.2) is 42.5 Å². The monoisotopic (exact) mass is 383 g/mol. The van der Waals surface area contributed by atoms with Crippen molar-refractivity contribution in [3.63, 3.8) is 0 Å². The van der Waals surface area contributed by atoms with E-state index in [0.717, 1.165) is 37.2 Å². The average Bonchev–Trinajstić information content (AvgIpc) is 3.23. The van der Waals surface area contributed by atoms with Gasteiger partial charge in [0.05, 0.1) is 24.5 Å². The van der Waals surface area contributed by atoms with Crippen LogP contribution < -0.4 is 10.1 Å². The normalized spacial score (nSPS) is 15.2. The van der Waals surface area contributed by atoms with E-state index in [-0.39, 0.29) is 24.1 Å². The van der Waals surface area contributed by atoms with Crippen LogP contribution in [0.3, 0.4) is 0 Å². The second-order valence-electron chi connectivity index (χ2n) is 6.90. The third-order valence-electron chi connectivity index (χ3n) is 5.09. The van der Waals surface area contributed by atoms with E-state index < -0.39 is 4.92 Å². The quantitative estimate of drug-likeness (QED) is 0.559. The molecule has 0 radical (unpaired) electrons. The number of rotatable bonds is 8. The van der Waals surface area contributed by atoms with Gasteiger partial charge >= 0.3 is 0 Å². The highest BCUT2D eigenvalue weighted by Crippen LogP contribution is 2.27. The minimum absolute atomic E-state index is 0.0119. The number of nitro groups is 1. The van der Waals surface area contributed by atoms with Crippen molar-refractivity contribution in [2.75, 3.05) is 26.7 Å². The SMILES string of the molecule is COc1cccc(C(CNC(=O)Cc2ccccc2[N+](=O)[O-])N2CCCC2)c1. The summed E-state index contributed by atoms with van der Waals surface area (Å²) in [6.07, 6.45) is 2.28. The van der Waals surface area contributed by atoms with Gasteiger partial charge in [0.15, 0.2) is 0 Å². The molecule has 7 nitrogen and oxygen atoms in total. The van der Waals surface area contributed by atoms with E-state index in [4.69, 9.17) is 4.74 Å². The third kappa shape index (κ3) is 4.86. The molecule has 0 spiro atoms. The highest BCUT2D eigenvalue weighted by Gasteiger charge is 2.25. The molecule has 1 atom stereocenters. The Kier molecular flexibility index (Phi) is 6.60. The molecular formula is C21H25N3O4. The fourth-order valence-corrected chi connectivity index (χ4v) is 3.64. The molecule has 1 unspecified atom stereocenters. The summed E-state index contributed by atoms with van der Waals surface area (Å²) < 4.78 is 5.34. The van der Waals surface area contributed by atoms with Crippen LogP contribution in [0.25, 0.3) is 0 Å². The Labute approximate surface area is 164 Å². The molecule has 1 amide bonds. The molecule has 1 saturated heterocycles. The number of para-hydroxylation sites is 1. The second-order valence-corrected chi connectivity index (χ2v) is 6.90. The molecule has 3 rings (SSSR count). The summed E-state index contributed by atoms with van der Waals surface area (Å²) in [5, 5.41) is 14.1. The molecule has 28 heavy (non-hydrogen) atoms. The number of nitrogens with one attached hydrogen (secondary N) is 1. The van der Waals surface area contributed by atoms with Crippen molar-refractivity contribution in [1.82, 2.24) is 10.2 Å². The first-order chi connectivity index (χ1) is 13.6. The van der Waals surface area contributed by atoms with Gasteiger partial charge in [-0.05, 0) is 43.6 Å². The van der Waals surface area contributed by atoms with Crippen LogP contribution in [0.5, 0.6) is 5.75 Å². The van der Waals surface area contributed by atoms with E-state index in [1.54, 1.807) is 25.3 Å². The standard InChI is InChI=1S/C21H25N3O4/c1-28-18-9-6-8-16(13-18)20(23-11-4-5-12-23)15-22-21(25)14-17-7-2-3-10-19(17)24(26)27/h2-3,6-10,13,20H,4-5,11-12,14-15H2,1H3,(H,22,25). The van der Waals surface area contributed by atoms with E-state index in [2.05, 4.69) is 10.2 Å². The van der Waals surface area contributed by atoms with E-state index in [1.807, 2.05) is 24.3 Å². The lowest BCUT2D eigenvalue weighted by Crippen LogP contribution is -2.37. The molecule has 2 aromatic rings. The lowest BCUT2D eigenvalue weighted by atomic mass is 10.0. The summed E-state index contributed by atoms with van der Waals surface area (Å²) in [6, 6.07) is 14.3. The van der Waals surface area contributed by atoms with Gasteiger partial charge in [0, 0.05) is 18.2 Å². The van der Waals surface area contributed by atoms with Crippen molar-refractivity contribution in [3.8, 4) is 5.75 Å². The zero-order chi connectivity index (χ0) is 19.9. The zero-order valence-corrected chi connectivity index (χ0v) is 16.0. The van der Waals surface area contributed by atoms with Crippen molar-refractivity contribution in [2.45, 2.75) is 25.3 Å². The number of likely N-dealkylation sites (tertiary alicyclic amines) is 1. The zero-order valence-electron chi connectivity index (χ0n) is 16.0. The van der Waals surface area contributed by atoms with Gasteiger partial charge in [-0.1, -0.05) is 30.3 Å². The summed E-state index contributed by atoms with van der Waals surface area (Å²) in [4.78, 5) is 25.5.